The molecule has 0 spiro atoms. The molecule has 0 radical (unpaired) electrons. The van der Waals surface area contributed by atoms with Gasteiger partial charge in [0.1, 0.15) is 0 Å². The van der Waals surface area contributed by atoms with Gasteiger partial charge in [-0.25, -0.2) is 4.90 Å². The normalized spacial score (nSPS) is 31.3. The lowest BCUT2D eigenvalue weighted by molar-refractivity contribution is -0.122. The van der Waals surface area contributed by atoms with Gasteiger partial charge in [0.15, 0.2) is 0 Å². The Bertz CT molecular complexity index is 770. The van der Waals surface area contributed by atoms with Gasteiger partial charge in [0.2, 0.25) is 11.8 Å². The monoisotopic (exact) mass is 371 g/mol. The van der Waals surface area contributed by atoms with E-state index < -0.39 is 0 Å². The number of imide groups is 1. The summed E-state index contributed by atoms with van der Waals surface area (Å²) in [4.78, 5) is 27.4. The van der Waals surface area contributed by atoms with Gasteiger partial charge in [-0.05, 0) is 38.5 Å². The van der Waals surface area contributed by atoms with E-state index in [0.29, 0.717) is 5.69 Å². The van der Waals surface area contributed by atoms with Gasteiger partial charge in [-0.1, -0.05) is 45.3 Å². The minimum atomic E-state index is -0.220. The van der Waals surface area contributed by atoms with Crippen LogP contribution in [0.3, 0.4) is 0 Å². The molecular formula is C19H18BrNO2. The molecule has 23 heavy (non-hydrogen) atoms. The van der Waals surface area contributed by atoms with Crippen molar-refractivity contribution in [2.24, 2.45) is 23.7 Å². The van der Waals surface area contributed by atoms with Gasteiger partial charge in [-0.2, -0.15) is 0 Å². The molecule has 2 fully saturated rings. The molecule has 1 saturated carbocycles. The summed E-state index contributed by atoms with van der Waals surface area (Å²) in [5, 5.41) is 0. The summed E-state index contributed by atoms with van der Waals surface area (Å²) in [6.07, 6.45) is 4.24. The standard InChI is InChI=1S/C19H18BrNO2/c1-9(2)15-12-6-7-13(15)17-16(12)18(22)21(19(17)23)11-5-4-10(3)14(20)8-11/h4-8,12-13,16-17H,1-3H3/t12-,13-,16-,17-/m1/s1. The number of halogens is 1. The second kappa shape index (κ2) is 4.91. The first-order valence-electron chi connectivity index (χ1n) is 7.91. The third kappa shape index (κ3) is 1.87. The number of carbonyl (C=O) groups is 2. The van der Waals surface area contributed by atoms with Crippen molar-refractivity contribution >= 4 is 33.4 Å². The first kappa shape index (κ1) is 14.9. The summed E-state index contributed by atoms with van der Waals surface area (Å²) in [5.41, 5.74) is 4.28. The van der Waals surface area contributed by atoms with Gasteiger partial charge < -0.3 is 0 Å². The van der Waals surface area contributed by atoms with Crippen LogP contribution in [-0.2, 0) is 9.59 Å². The number of nitrogens with zero attached hydrogens (tertiary/aromatic N) is 1. The minimum absolute atomic E-state index is 0.0497. The lowest BCUT2D eigenvalue weighted by Gasteiger charge is -2.19. The van der Waals surface area contributed by atoms with Crippen LogP contribution in [0.15, 0.2) is 46.0 Å². The smallest absolute Gasteiger partial charge is 0.238 e. The third-order valence-electron chi connectivity index (χ3n) is 5.41. The molecule has 4 atom stereocenters. The first-order chi connectivity index (χ1) is 10.9. The zero-order valence-electron chi connectivity index (χ0n) is 13.3. The van der Waals surface area contributed by atoms with Crippen molar-refractivity contribution in [3.05, 3.63) is 51.5 Å². The Kier molecular flexibility index (Phi) is 3.17. The lowest BCUT2D eigenvalue weighted by Crippen LogP contribution is -2.33. The molecule has 2 aliphatic carbocycles. The van der Waals surface area contributed by atoms with Gasteiger partial charge in [0.05, 0.1) is 17.5 Å². The number of hydrogen-bond donors (Lipinski definition) is 0. The summed E-state index contributed by atoms with van der Waals surface area (Å²) in [7, 11) is 0. The van der Waals surface area contributed by atoms with Crippen molar-refractivity contribution in [3.63, 3.8) is 0 Å². The number of fused-ring (bicyclic) bond motifs is 5. The van der Waals surface area contributed by atoms with Gasteiger partial charge in [-0.15, -0.1) is 0 Å². The molecule has 0 N–H and O–H groups in total. The summed E-state index contributed by atoms with van der Waals surface area (Å²) < 4.78 is 0.916. The molecule has 118 valence electrons. The van der Waals surface area contributed by atoms with Gasteiger partial charge >= 0.3 is 0 Å². The van der Waals surface area contributed by atoms with Crippen LogP contribution in [0, 0.1) is 30.6 Å². The minimum Gasteiger partial charge on any atom is -0.274 e. The van der Waals surface area contributed by atoms with E-state index in [1.165, 1.54) is 16.0 Å². The number of hydrogen-bond acceptors (Lipinski definition) is 2. The number of aryl methyl sites for hydroxylation is 1. The molecule has 2 amide bonds. The summed E-state index contributed by atoms with van der Waals surface area (Å²) >= 11 is 3.49. The summed E-state index contributed by atoms with van der Waals surface area (Å²) in [5.74, 6) is -0.335. The Hall–Kier alpha value is -1.68. The molecule has 3 aliphatic rings. The molecule has 3 nitrogen and oxygen atoms in total. The van der Waals surface area contributed by atoms with E-state index >= 15 is 0 Å². The number of anilines is 1. The Morgan fingerprint density at radius 1 is 1.04 bits per heavy atom. The quantitative estimate of drug-likeness (QED) is 0.552. The van der Waals surface area contributed by atoms with Crippen LogP contribution in [0.1, 0.15) is 19.4 Å². The van der Waals surface area contributed by atoms with Crippen molar-refractivity contribution in [1.29, 1.82) is 0 Å². The van der Waals surface area contributed by atoms with Gasteiger partial charge in [0.25, 0.3) is 0 Å². The first-order valence-corrected chi connectivity index (χ1v) is 8.70. The highest BCUT2D eigenvalue weighted by molar-refractivity contribution is 9.10. The van der Waals surface area contributed by atoms with Crippen LogP contribution in [0.2, 0.25) is 0 Å². The van der Waals surface area contributed by atoms with Gasteiger partial charge in [0, 0.05) is 16.3 Å². The fourth-order valence-corrected chi connectivity index (χ4v) is 4.77. The lowest BCUT2D eigenvalue weighted by atomic mass is 9.85. The van der Waals surface area contributed by atoms with Crippen LogP contribution in [0.4, 0.5) is 5.69 Å². The molecular weight excluding hydrogens is 354 g/mol. The maximum Gasteiger partial charge on any atom is 0.238 e. The predicted molar refractivity (Wildman–Crippen MR) is 92.8 cm³/mol. The van der Waals surface area contributed by atoms with Crippen molar-refractivity contribution in [2.45, 2.75) is 20.8 Å². The zero-order valence-corrected chi connectivity index (χ0v) is 14.9. The van der Waals surface area contributed by atoms with Crippen LogP contribution < -0.4 is 4.90 Å². The maximum atomic E-state index is 13.0. The van der Waals surface area contributed by atoms with Crippen molar-refractivity contribution in [2.75, 3.05) is 4.90 Å². The second-order valence-electron chi connectivity index (χ2n) is 6.89. The largest absolute Gasteiger partial charge is 0.274 e. The summed E-state index contributed by atoms with van der Waals surface area (Å²) in [6, 6.07) is 5.65. The van der Waals surface area contributed by atoms with E-state index in [0.717, 1.165) is 10.0 Å². The number of carbonyl (C=O) groups excluding carboxylic acids is 2. The molecule has 2 bridgehead atoms. The molecule has 1 aliphatic heterocycles. The molecule has 4 heteroatoms. The fraction of sp³-hybridized carbons (Fsp3) is 0.368. The molecule has 0 unspecified atom stereocenters. The number of allylic oxidation sites excluding steroid dienone is 4. The van der Waals surface area contributed by atoms with Crippen LogP contribution in [0.5, 0.6) is 0 Å². The van der Waals surface area contributed by atoms with Gasteiger partial charge in [-0.3, -0.25) is 9.59 Å². The summed E-state index contributed by atoms with van der Waals surface area (Å²) in [6.45, 7) is 6.14. The Morgan fingerprint density at radius 2 is 1.61 bits per heavy atom. The van der Waals surface area contributed by atoms with E-state index in [4.69, 9.17) is 0 Å². The highest BCUT2D eigenvalue weighted by Crippen LogP contribution is 2.57. The highest BCUT2D eigenvalue weighted by atomic mass is 79.9. The SMILES string of the molecule is CC(C)=C1[C@H]2C=C[C@H]1[C@H]1C(=O)N(c3ccc(C)c(Br)c3)C(=O)[C@@H]12. The predicted octanol–water partition coefficient (Wildman–Crippen LogP) is 4.02. The Balaban J connectivity index is 1.77. The second-order valence-corrected chi connectivity index (χ2v) is 7.74. The van der Waals surface area contributed by atoms with Crippen LogP contribution >= 0.6 is 15.9 Å². The molecule has 1 aromatic carbocycles. The van der Waals surface area contributed by atoms with E-state index in [1.807, 2.05) is 25.1 Å². The van der Waals surface area contributed by atoms with Crippen molar-refractivity contribution in [1.82, 2.24) is 0 Å². The molecule has 4 rings (SSSR count). The molecule has 1 heterocycles. The number of rotatable bonds is 1. The van der Waals surface area contributed by atoms with E-state index in [1.54, 1.807) is 0 Å². The van der Waals surface area contributed by atoms with E-state index in [-0.39, 0.29) is 35.5 Å². The highest BCUT2D eigenvalue weighted by Gasteiger charge is 2.61. The number of benzene rings is 1. The van der Waals surface area contributed by atoms with E-state index in [9.17, 15) is 9.59 Å². The maximum absolute atomic E-state index is 13.0. The van der Waals surface area contributed by atoms with Crippen molar-refractivity contribution < 1.29 is 9.59 Å². The Morgan fingerprint density at radius 3 is 2.09 bits per heavy atom. The average Bonchev–Trinajstić information content (AvgIpc) is 3.13. The number of amides is 2. The molecule has 1 saturated heterocycles. The third-order valence-corrected chi connectivity index (χ3v) is 6.26. The van der Waals surface area contributed by atoms with E-state index in [2.05, 4.69) is 41.9 Å². The Labute approximate surface area is 144 Å². The van der Waals surface area contributed by atoms with Crippen LogP contribution in [-0.4, -0.2) is 11.8 Å². The molecule has 1 aromatic rings. The fourth-order valence-electron chi connectivity index (χ4n) is 4.41. The van der Waals surface area contributed by atoms with Crippen molar-refractivity contribution in [3.8, 4) is 0 Å². The molecule has 0 aromatic heterocycles. The average molecular weight is 372 g/mol. The topological polar surface area (TPSA) is 37.4 Å². The zero-order chi connectivity index (χ0) is 16.5. The van der Waals surface area contributed by atoms with Crippen LogP contribution in [0.25, 0.3) is 0 Å².